The van der Waals surface area contributed by atoms with E-state index in [1.165, 1.54) is 6.07 Å². The van der Waals surface area contributed by atoms with Gasteiger partial charge in [0.1, 0.15) is 0 Å². The SMILES string of the molecule is Cl.NNC(=O)c1ccc(Cl)c(NN)c1. The first-order valence-electron chi connectivity index (χ1n) is 3.46. The van der Waals surface area contributed by atoms with Crippen LogP contribution in [0.2, 0.25) is 5.02 Å². The van der Waals surface area contributed by atoms with Crippen molar-refractivity contribution in [3.05, 3.63) is 28.8 Å². The molecule has 0 aliphatic heterocycles. The third-order valence-electron chi connectivity index (χ3n) is 1.52. The second kappa shape index (κ2) is 5.66. The predicted octanol–water partition coefficient (Wildman–Crippen LogP) is 0.651. The summed E-state index contributed by atoms with van der Waals surface area (Å²) in [4.78, 5) is 11.0. The van der Waals surface area contributed by atoms with Crippen LogP contribution in [-0.4, -0.2) is 5.91 Å². The van der Waals surface area contributed by atoms with Crippen LogP contribution in [0.25, 0.3) is 0 Å². The Labute approximate surface area is 92.1 Å². The number of benzene rings is 1. The van der Waals surface area contributed by atoms with Gasteiger partial charge in [-0.1, -0.05) is 11.6 Å². The first kappa shape index (κ1) is 13.0. The molecule has 1 amide bonds. The molecule has 14 heavy (non-hydrogen) atoms. The molecule has 0 aromatic heterocycles. The number of halogens is 2. The van der Waals surface area contributed by atoms with E-state index in [0.717, 1.165) is 0 Å². The molecule has 0 atom stereocenters. The van der Waals surface area contributed by atoms with Crippen molar-refractivity contribution < 1.29 is 4.79 Å². The van der Waals surface area contributed by atoms with Crippen molar-refractivity contribution in [1.29, 1.82) is 0 Å². The molecule has 5 nitrogen and oxygen atoms in total. The summed E-state index contributed by atoms with van der Waals surface area (Å²) in [6.07, 6.45) is 0. The molecule has 0 fully saturated rings. The third kappa shape index (κ3) is 2.74. The fraction of sp³-hybridized carbons (Fsp3) is 0. The standard InChI is InChI=1S/C7H9ClN4O.ClH/c8-5-2-1-4(7(13)12-10)3-6(5)11-9;/h1-3,11H,9-10H2,(H,12,13);1H. The summed E-state index contributed by atoms with van der Waals surface area (Å²) in [7, 11) is 0. The smallest absolute Gasteiger partial charge is 0.265 e. The second-order valence-corrected chi connectivity index (χ2v) is 2.72. The fourth-order valence-electron chi connectivity index (χ4n) is 0.860. The number of amides is 1. The monoisotopic (exact) mass is 236 g/mol. The summed E-state index contributed by atoms with van der Waals surface area (Å²) < 4.78 is 0. The number of nitrogens with two attached hydrogens (primary N) is 2. The molecule has 1 aromatic rings. The first-order chi connectivity index (χ1) is 6.19. The zero-order chi connectivity index (χ0) is 9.84. The van der Waals surface area contributed by atoms with Crippen molar-refractivity contribution in [3.63, 3.8) is 0 Å². The molecule has 0 bridgehead atoms. The van der Waals surface area contributed by atoms with E-state index in [1.54, 1.807) is 12.1 Å². The number of hydrazine groups is 2. The molecule has 0 heterocycles. The van der Waals surface area contributed by atoms with Gasteiger partial charge < -0.3 is 5.43 Å². The Morgan fingerprint density at radius 1 is 1.36 bits per heavy atom. The Morgan fingerprint density at radius 3 is 2.50 bits per heavy atom. The minimum Gasteiger partial charge on any atom is -0.323 e. The van der Waals surface area contributed by atoms with Gasteiger partial charge in [0.05, 0.1) is 10.7 Å². The van der Waals surface area contributed by atoms with E-state index in [9.17, 15) is 4.79 Å². The molecular weight excluding hydrogens is 227 g/mol. The summed E-state index contributed by atoms with van der Waals surface area (Å²) in [5.41, 5.74) is 5.23. The largest absolute Gasteiger partial charge is 0.323 e. The highest BCUT2D eigenvalue weighted by atomic mass is 35.5. The quantitative estimate of drug-likeness (QED) is 0.345. The van der Waals surface area contributed by atoms with Crippen LogP contribution in [0.1, 0.15) is 10.4 Å². The van der Waals surface area contributed by atoms with E-state index in [1.807, 2.05) is 5.43 Å². The van der Waals surface area contributed by atoms with Crippen molar-refractivity contribution in [2.75, 3.05) is 5.43 Å². The lowest BCUT2D eigenvalue weighted by molar-refractivity contribution is 0.0953. The summed E-state index contributed by atoms with van der Waals surface area (Å²) in [6.45, 7) is 0. The fourth-order valence-corrected chi connectivity index (χ4v) is 1.03. The van der Waals surface area contributed by atoms with E-state index < -0.39 is 5.91 Å². The van der Waals surface area contributed by atoms with Crippen LogP contribution in [0, 0.1) is 0 Å². The van der Waals surface area contributed by atoms with Crippen molar-refractivity contribution in [2.45, 2.75) is 0 Å². The Kier molecular flexibility index (Phi) is 5.26. The third-order valence-corrected chi connectivity index (χ3v) is 1.84. The summed E-state index contributed by atoms with van der Waals surface area (Å²) in [5, 5.41) is 0.441. The topological polar surface area (TPSA) is 93.2 Å². The van der Waals surface area contributed by atoms with E-state index >= 15 is 0 Å². The molecule has 0 unspecified atom stereocenters. The van der Waals surface area contributed by atoms with Gasteiger partial charge in [-0.3, -0.25) is 16.1 Å². The molecule has 0 saturated carbocycles. The van der Waals surface area contributed by atoms with E-state index in [0.29, 0.717) is 16.3 Å². The minimum atomic E-state index is -0.395. The van der Waals surface area contributed by atoms with Crippen molar-refractivity contribution in [1.82, 2.24) is 5.43 Å². The zero-order valence-electron chi connectivity index (χ0n) is 7.08. The molecular formula is C7H10Cl2N4O. The van der Waals surface area contributed by atoms with Gasteiger partial charge >= 0.3 is 0 Å². The van der Waals surface area contributed by atoms with Crippen molar-refractivity contribution in [2.24, 2.45) is 11.7 Å². The molecule has 78 valence electrons. The average molecular weight is 237 g/mol. The van der Waals surface area contributed by atoms with Crippen LogP contribution in [0.3, 0.4) is 0 Å². The highest BCUT2D eigenvalue weighted by molar-refractivity contribution is 6.33. The molecule has 1 rings (SSSR count). The zero-order valence-corrected chi connectivity index (χ0v) is 8.65. The number of hydrogen-bond donors (Lipinski definition) is 4. The lowest BCUT2D eigenvalue weighted by Crippen LogP contribution is -2.30. The summed E-state index contributed by atoms with van der Waals surface area (Å²) in [6, 6.07) is 4.61. The molecule has 0 saturated heterocycles. The van der Waals surface area contributed by atoms with Gasteiger partial charge in [0.2, 0.25) is 0 Å². The van der Waals surface area contributed by atoms with Crippen LogP contribution in [0.5, 0.6) is 0 Å². The Balaban J connectivity index is 0.00000169. The number of nitrogens with one attached hydrogen (secondary N) is 2. The molecule has 0 aliphatic carbocycles. The maximum Gasteiger partial charge on any atom is 0.265 e. The van der Waals surface area contributed by atoms with Crippen LogP contribution in [0.15, 0.2) is 18.2 Å². The number of carbonyl (C=O) groups excluding carboxylic acids is 1. The van der Waals surface area contributed by atoms with Gasteiger partial charge in [-0.25, -0.2) is 5.84 Å². The number of rotatable bonds is 2. The van der Waals surface area contributed by atoms with Gasteiger partial charge in [-0.2, -0.15) is 0 Å². The van der Waals surface area contributed by atoms with E-state index in [4.69, 9.17) is 23.3 Å². The van der Waals surface area contributed by atoms with Gasteiger partial charge in [-0.15, -0.1) is 12.4 Å². The summed E-state index contributed by atoms with van der Waals surface area (Å²) in [5.74, 6) is 9.72. The average Bonchev–Trinajstić information content (AvgIpc) is 2.17. The molecule has 6 N–H and O–H groups in total. The maximum absolute atomic E-state index is 11.0. The lowest BCUT2D eigenvalue weighted by Gasteiger charge is -2.05. The van der Waals surface area contributed by atoms with Gasteiger partial charge in [0, 0.05) is 5.56 Å². The number of anilines is 1. The summed E-state index contributed by atoms with van der Waals surface area (Å²) >= 11 is 5.74. The van der Waals surface area contributed by atoms with E-state index in [2.05, 4.69) is 5.43 Å². The molecule has 7 heteroatoms. The predicted molar refractivity (Wildman–Crippen MR) is 58.2 cm³/mol. The lowest BCUT2D eigenvalue weighted by atomic mass is 10.2. The Morgan fingerprint density at radius 2 is 2.00 bits per heavy atom. The first-order valence-corrected chi connectivity index (χ1v) is 3.84. The molecule has 0 radical (unpaired) electrons. The molecule has 1 aromatic carbocycles. The number of carbonyl (C=O) groups is 1. The molecule has 0 aliphatic rings. The van der Waals surface area contributed by atoms with Crippen molar-refractivity contribution in [3.8, 4) is 0 Å². The highest BCUT2D eigenvalue weighted by Crippen LogP contribution is 2.21. The number of nitrogen functional groups attached to an aromatic ring is 2. The van der Waals surface area contributed by atoms with Gasteiger partial charge in [0.25, 0.3) is 5.91 Å². The number of hydrogen-bond acceptors (Lipinski definition) is 4. The van der Waals surface area contributed by atoms with Gasteiger partial charge in [-0.05, 0) is 18.2 Å². The van der Waals surface area contributed by atoms with Crippen LogP contribution in [0.4, 0.5) is 5.69 Å². The minimum absolute atomic E-state index is 0. The normalized spacial score (nSPS) is 8.79. The molecule has 0 spiro atoms. The highest BCUT2D eigenvalue weighted by Gasteiger charge is 2.06. The van der Waals surface area contributed by atoms with Gasteiger partial charge in [0.15, 0.2) is 0 Å². The van der Waals surface area contributed by atoms with Crippen LogP contribution < -0.4 is 22.5 Å². The second-order valence-electron chi connectivity index (χ2n) is 2.31. The Hall–Kier alpha value is -1.01. The van der Waals surface area contributed by atoms with Crippen molar-refractivity contribution >= 4 is 35.6 Å². The maximum atomic E-state index is 11.0. The van der Waals surface area contributed by atoms with Crippen LogP contribution >= 0.6 is 24.0 Å². The van der Waals surface area contributed by atoms with Crippen LogP contribution in [-0.2, 0) is 0 Å². The Bertz CT molecular complexity index is 331. The van der Waals surface area contributed by atoms with E-state index in [-0.39, 0.29) is 12.4 Å².